The van der Waals surface area contributed by atoms with Crippen LogP contribution in [0.5, 0.6) is 5.75 Å². The monoisotopic (exact) mass is 630 g/mol. The van der Waals surface area contributed by atoms with Gasteiger partial charge in [-0.1, -0.05) is 48.9 Å². The second-order valence-electron chi connectivity index (χ2n) is 9.48. The summed E-state index contributed by atoms with van der Waals surface area (Å²) in [6.45, 7) is 2.77. The standard InChI is InChI=1S/C29H28ClIN2O2S/c1-18-7-11-22(12-8-18)33(29(34)28-27(30)23-5-3-4-6-25(23)36-28)17-21-15-19(9-13-24(21)35-2)20-10-14-26(31)32-16-20/h3-6,9-10,13-16,18,22H,7-8,11-12,17H2,1-2H3. The number of fused-ring (bicyclic) bond motifs is 1. The molecule has 0 atom stereocenters. The molecule has 2 heterocycles. The zero-order valence-corrected chi connectivity index (χ0v) is 24.1. The number of carbonyl (C=O) groups excluding carboxylic acids is 1. The number of ether oxygens (including phenoxy) is 1. The predicted molar refractivity (Wildman–Crippen MR) is 157 cm³/mol. The van der Waals surface area contributed by atoms with Crippen LogP contribution in [0.2, 0.25) is 5.02 Å². The molecule has 1 aliphatic carbocycles. The normalized spacial score (nSPS) is 17.8. The zero-order valence-electron chi connectivity index (χ0n) is 20.3. The number of halogens is 2. The van der Waals surface area contributed by atoms with Crippen molar-refractivity contribution in [3.63, 3.8) is 0 Å². The fourth-order valence-electron chi connectivity index (χ4n) is 5.01. The Bertz CT molecular complexity index is 1380. The molecule has 0 radical (unpaired) electrons. The summed E-state index contributed by atoms with van der Waals surface area (Å²) in [6.07, 6.45) is 6.13. The summed E-state index contributed by atoms with van der Waals surface area (Å²) in [7, 11) is 1.68. The van der Waals surface area contributed by atoms with Crippen LogP contribution in [0.15, 0.2) is 60.8 Å². The number of pyridine rings is 1. The van der Waals surface area contributed by atoms with Crippen LogP contribution < -0.4 is 4.74 Å². The highest BCUT2D eigenvalue weighted by molar-refractivity contribution is 14.1. The number of carbonyl (C=O) groups is 1. The third kappa shape index (κ3) is 5.27. The third-order valence-electron chi connectivity index (χ3n) is 7.10. The molecule has 0 bridgehead atoms. The van der Waals surface area contributed by atoms with E-state index in [1.165, 1.54) is 11.3 Å². The van der Waals surface area contributed by atoms with E-state index in [-0.39, 0.29) is 11.9 Å². The number of benzene rings is 2. The van der Waals surface area contributed by atoms with Gasteiger partial charge in [-0.05, 0) is 84.0 Å². The lowest BCUT2D eigenvalue weighted by atomic mass is 9.86. The van der Waals surface area contributed by atoms with Crippen LogP contribution in [0.25, 0.3) is 21.2 Å². The molecule has 0 unspecified atom stereocenters. The Balaban J connectivity index is 1.53. The molecule has 4 nitrogen and oxygen atoms in total. The van der Waals surface area contributed by atoms with Gasteiger partial charge in [-0.2, -0.15) is 0 Å². The van der Waals surface area contributed by atoms with E-state index < -0.39 is 0 Å². The molecular formula is C29H28ClIN2O2S. The zero-order chi connectivity index (χ0) is 25.2. The minimum atomic E-state index is 0.00383. The molecule has 5 rings (SSSR count). The number of hydrogen-bond donors (Lipinski definition) is 0. The second-order valence-corrected chi connectivity index (χ2v) is 12.0. The maximum Gasteiger partial charge on any atom is 0.266 e. The Morgan fingerprint density at radius 3 is 2.56 bits per heavy atom. The lowest BCUT2D eigenvalue weighted by Crippen LogP contribution is -2.41. The van der Waals surface area contributed by atoms with Crippen LogP contribution in [0.4, 0.5) is 0 Å². The van der Waals surface area contributed by atoms with E-state index in [9.17, 15) is 4.79 Å². The van der Waals surface area contributed by atoms with Gasteiger partial charge in [0.25, 0.3) is 5.91 Å². The smallest absolute Gasteiger partial charge is 0.266 e. The first-order valence-electron chi connectivity index (χ1n) is 12.2. The van der Waals surface area contributed by atoms with Crippen molar-refractivity contribution >= 4 is 61.5 Å². The summed E-state index contributed by atoms with van der Waals surface area (Å²) in [5.41, 5.74) is 3.08. The van der Waals surface area contributed by atoms with Crippen LogP contribution in [0.3, 0.4) is 0 Å². The number of rotatable bonds is 6. The molecule has 1 fully saturated rings. The molecule has 0 aliphatic heterocycles. The van der Waals surface area contributed by atoms with Crippen molar-refractivity contribution in [3.8, 4) is 16.9 Å². The van der Waals surface area contributed by atoms with Gasteiger partial charge in [0, 0.05) is 40.0 Å². The van der Waals surface area contributed by atoms with Gasteiger partial charge in [0.2, 0.25) is 0 Å². The van der Waals surface area contributed by atoms with Crippen LogP contribution >= 0.6 is 45.5 Å². The van der Waals surface area contributed by atoms with E-state index in [0.717, 1.165) is 61.9 Å². The van der Waals surface area contributed by atoms with Crippen molar-refractivity contribution < 1.29 is 9.53 Å². The first kappa shape index (κ1) is 25.5. The summed E-state index contributed by atoms with van der Waals surface area (Å²) in [5, 5.41) is 1.50. The van der Waals surface area contributed by atoms with Crippen molar-refractivity contribution in [1.29, 1.82) is 0 Å². The topological polar surface area (TPSA) is 42.4 Å². The highest BCUT2D eigenvalue weighted by Gasteiger charge is 2.31. The molecule has 1 aliphatic rings. The molecule has 0 saturated heterocycles. The fraction of sp³-hybridized carbons (Fsp3) is 0.310. The minimum absolute atomic E-state index is 0.00383. The van der Waals surface area contributed by atoms with Crippen LogP contribution in [-0.4, -0.2) is 28.9 Å². The van der Waals surface area contributed by atoms with Gasteiger partial charge < -0.3 is 9.64 Å². The van der Waals surface area contributed by atoms with Crippen molar-refractivity contribution in [2.75, 3.05) is 7.11 Å². The van der Waals surface area contributed by atoms with Crippen LogP contribution in [0, 0.1) is 9.62 Å². The number of nitrogens with zero attached hydrogens (tertiary/aromatic N) is 2. The van der Waals surface area contributed by atoms with Gasteiger partial charge >= 0.3 is 0 Å². The molecule has 1 amide bonds. The molecule has 36 heavy (non-hydrogen) atoms. The first-order chi connectivity index (χ1) is 17.4. The summed E-state index contributed by atoms with van der Waals surface area (Å²) in [4.78, 5) is 21.2. The average Bonchev–Trinajstić information content (AvgIpc) is 3.24. The summed E-state index contributed by atoms with van der Waals surface area (Å²) >= 11 is 10.5. The number of methoxy groups -OCH3 is 1. The lowest BCUT2D eigenvalue weighted by molar-refractivity contribution is 0.0597. The van der Waals surface area contributed by atoms with Gasteiger partial charge in [-0.15, -0.1) is 11.3 Å². The molecule has 4 aromatic rings. The molecule has 0 N–H and O–H groups in total. The Morgan fingerprint density at radius 1 is 1.11 bits per heavy atom. The first-order valence-corrected chi connectivity index (χ1v) is 14.5. The Morgan fingerprint density at radius 2 is 1.86 bits per heavy atom. The molecule has 7 heteroatoms. The Labute approximate surface area is 234 Å². The van der Waals surface area contributed by atoms with E-state index in [2.05, 4.69) is 46.6 Å². The second kappa shape index (κ2) is 11.1. The van der Waals surface area contributed by atoms with Gasteiger partial charge in [0.1, 0.15) is 14.3 Å². The van der Waals surface area contributed by atoms with Gasteiger partial charge in [0.15, 0.2) is 0 Å². The van der Waals surface area contributed by atoms with E-state index in [1.54, 1.807) is 7.11 Å². The fourth-order valence-corrected chi connectivity index (χ4v) is 6.80. The highest BCUT2D eigenvalue weighted by atomic mass is 127. The SMILES string of the molecule is COc1ccc(-c2ccc(I)nc2)cc1CN(C(=O)c1sc2ccccc2c1Cl)C1CCC(C)CC1. The molecule has 0 spiro atoms. The minimum Gasteiger partial charge on any atom is -0.496 e. The number of aromatic nitrogens is 1. The van der Waals surface area contributed by atoms with E-state index in [4.69, 9.17) is 16.3 Å². The summed E-state index contributed by atoms with van der Waals surface area (Å²) < 4.78 is 7.73. The predicted octanol–water partition coefficient (Wildman–Crippen LogP) is 8.45. The third-order valence-corrected chi connectivity index (χ3v) is 9.40. The maximum absolute atomic E-state index is 14.1. The Hall–Kier alpha value is -2.16. The summed E-state index contributed by atoms with van der Waals surface area (Å²) in [6, 6.07) is 18.4. The Kier molecular flexibility index (Phi) is 7.84. The number of amides is 1. The van der Waals surface area contributed by atoms with Crippen molar-refractivity contribution in [2.24, 2.45) is 5.92 Å². The van der Waals surface area contributed by atoms with E-state index >= 15 is 0 Å². The molecule has 2 aromatic carbocycles. The number of thiophene rings is 1. The molecular weight excluding hydrogens is 603 g/mol. The van der Waals surface area contributed by atoms with Crippen molar-refractivity contribution in [1.82, 2.24) is 9.88 Å². The molecule has 1 saturated carbocycles. The largest absolute Gasteiger partial charge is 0.496 e. The van der Waals surface area contributed by atoms with Crippen molar-refractivity contribution in [3.05, 3.63) is 80.0 Å². The number of hydrogen-bond acceptors (Lipinski definition) is 4. The highest BCUT2D eigenvalue weighted by Crippen LogP contribution is 2.38. The van der Waals surface area contributed by atoms with Gasteiger partial charge in [-0.25, -0.2) is 4.98 Å². The van der Waals surface area contributed by atoms with E-state index in [1.807, 2.05) is 53.6 Å². The summed E-state index contributed by atoms with van der Waals surface area (Å²) in [5.74, 6) is 1.48. The molecule has 186 valence electrons. The van der Waals surface area contributed by atoms with Crippen molar-refractivity contribution in [2.45, 2.75) is 45.2 Å². The van der Waals surface area contributed by atoms with E-state index in [0.29, 0.717) is 22.4 Å². The average molecular weight is 631 g/mol. The molecule has 2 aromatic heterocycles. The quantitative estimate of drug-likeness (QED) is 0.159. The van der Waals surface area contributed by atoms with Crippen LogP contribution in [0.1, 0.15) is 47.8 Å². The van der Waals surface area contributed by atoms with Gasteiger partial charge in [0.05, 0.1) is 12.1 Å². The lowest BCUT2D eigenvalue weighted by Gasteiger charge is -2.36. The van der Waals surface area contributed by atoms with Crippen LogP contribution in [-0.2, 0) is 6.54 Å². The maximum atomic E-state index is 14.1. The van der Waals surface area contributed by atoms with Gasteiger partial charge in [-0.3, -0.25) is 4.79 Å².